The number of rotatable bonds is 7. The molecule has 0 aliphatic carbocycles. The molecule has 9 nitrogen and oxygen atoms in total. The van der Waals surface area contributed by atoms with Gasteiger partial charge in [-0.1, -0.05) is 0 Å². The number of methoxy groups -OCH3 is 1. The molecule has 1 rings (SSSR count). The average molecular weight is 413 g/mol. The molecule has 0 fully saturated rings. The fourth-order valence-electron chi connectivity index (χ4n) is 2.10. The van der Waals surface area contributed by atoms with Gasteiger partial charge in [0, 0.05) is 4.90 Å². The van der Waals surface area contributed by atoms with Crippen molar-refractivity contribution < 1.29 is 29.0 Å². The van der Waals surface area contributed by atoms with Crippen LogP contribution in [0.3, 0.4) is 0 Å². The van der Waals surface area contributed by atoms with E-state index in [1.807, 2.05) is 0 Å². The number of carbonyl (C=O) groups is 3. The minimum Gasteiger partial charge on any atom is -0.467 e. The summed E-state index contributed by atoms with van der Waals surface area (Å²) < 4.78 is 9.75. The summed E-state index contributed by atoms with van der Waals surface area (Å²) in [5.41, 5.74) is -0.124. The van der Waals surface area contributed by atoms with Crippen molar-refractivity contribution in [3.8, 4) is 0 Å². The van der Waals surface area contributed by atoms with Crippen molar-refractivity contribution in [3.05, 3.63) is 23.5 Å². The van der Waals surface area contributed by atoms with Crippen molar-refractivity contribution in [1.82, 2.24) is 15.6 Å². The third-order valence-electron chi connectivity index (χ3n) is 3.39. The molecule has 0 aliphatic heterocycles. The second kappa shape index (κ2) is 10.3. The van der Waals surface area contributed by atoms with E-state index in [9.17, 15) is 19.5 Å². The number of amides is 2. The van der Waals surface area contributed by atoms with Crippen molar-refractivity contribution in [1.29, 1.82) is 0 Å². The lowest BCUT2D eigenvalue weighted by atomic mass is 10.1. The maximum absolute atomic E-state index is 12.6. The average Bonchev–Trinajstić information content (AvgIpc) is 2.61. The summed E-state index contributed by atoms with van der Waals surface area (Å²) in [7, 11) is 1.17. The third kappa shape index (κ3) is 7.35. The van der Waals surface area contributed by atoms with Crippen molar-refractivity contribution >= 4 is 29.7 Å². The largest absolute Gasteiger partial charge is 0.467 e. The Labute approximate surface area is 168 Å². The summed E-state index contributed by atoms with van der Waals surface area (Å²) in [6.07, 6.45) is 0.0269. The number of esters is 1. The number of alkyl carbamates (subject to hydrolysis) is 1. The summed E-state index contributed by atoms with van der Waals surface area (Å²) >= 11 is 1.30. The van der Waals surface area contributed by atoms with E-state index < -0.39 is 35.7 Å². The van der Waals surface area contributed by atoms with E-state index in [1.165, 1.54) is 25.8 Å². The molecule has 2 amide bonds. The van der Waals surface area contributed by atoms with Gasteiger partial charge in [-0.3, -0.25) is 4.79 Å². The SMILES string of the molecule is COC(=O)C(NC(=O)c1nc(CNC(=O)OC(C)(C)C)ccc1SC)C(C)O. The second-order valence-electron chi connectivity index (χ2n) is 6.92. The van der Waals surface area contributed by atoms with E-state index in [-0.39, 0.29) is 12.2 Å². The van der Waals surface area contributed by atoms with Crippen LogP contribution >= 0.6 is 11.8 Å². The van der Waals surface area contributed by atoms with Gasteiger partial charge in [-0.05, 0) is 46.1 Å². The van der Waals surface area contributed by atoms with E-state index in [1.54, 1.807) is 39.2 Å². The molecule has 1 aromatic rings. The maximum atomic E-state index is 12.6. The first kappa shape index (κ1) is 23.7. The Hall–Kier alpha value is -2.33. The van der Waals surface area contributed by atoms with Crippen LogP contribution in [-0.2, 0) is 20.8 Å². The van der Waals surface area contributed by atoms with Crippen LogP contribution in [0.5, 0.6) is 0 Å². The molecule has 3 N–H and O–H groups in total. The van der Waals surface area contributed by atoms with Gasteiger partial charge in [0.05, 0.1) is 25.5 Å². The molecule has 1 aromatic heterocycles. The fourth-order valence-corrected chi connectivity index (χ4v) is 2.64. The highest BCUT2D eigenvalue weighted by Gasteiger charge is 2.28. The molecule has 0 bridgehead atoms. The van der Waals surface area contributed by atoms with Crippen molar-refractivity contribution in [2.75, 3.05) is 13.4 Å². The van der Waals surface area contributed by atoms with Gasteiger partial charge >= 0.3 is 12.1 Å². The lowest BCUT2D eigenvalue weighted by Gasteiger charge is -2.20. The topological polar surface area (TPSA) is 127 Å². The number of hydrogen-bond donors (Lipinski definition) is 3. The summed E-state index contributed by atoms with van der Waals surface area (Å²) in [5, 5.41) is 14.7. The summed E-state index contributed by atoms with van der Waals surface area (Å²) in [4.78, 5) is 41.0. The molecule has 0 radical (unpaired) electrons. The van der Waals surface area contributed by atoms with Gasteiger partial charge in [-0.15, -0.1) is 11.8 Å². The molecular weight excluding hydrogens is 386 g/mol. The van der Waals surface area contributed by atoms with Crippen LogP contribution in [0, 0.1) is 0 Å². The lowest BCUT2D eigenvalue weighted by molar-refractivity contribution is -0.145. The molecule has 0 saturated carbocycles. The van der Waals surface area contributed by atoms with Gasteiger partial charge in [0.15, 0.2) is 6.04 Å². The summed E-state index contributed by atoms with van der Waals surface area (Å²) in [6.45, 7) is 6.67. The van der Waals surface area contributed by atoms with E-state index >= 15 is 0 Å². The Morgan fingerprint density at radius 1 is 1.29 bits per heavy atom. The molecule has 0 spiro atoms. The van der Waals surface area contributed by atoms with Crippen LogP contribution in [-0.4, -0.2) is 59.2 Å². The Morgan fingerprint density at radius 3 is 2.43 bits per heavy atom. The normalized spacial score (nSPS) is 13.2. The molecule has 2 atom stereocenters. The minimum atomic E-state index is -1.22. The molecule has 28 heavy (non-hydrogen) atoms. The Morgan fingerprint density at radius 2 is 1.93 bits per heavy atom. The van der Waals surface area contributed by atoms with Crippen LogP contribution in [0.15, 0.2) is 17.0 Å². The molecule has 10 heteroatoms. The van der Waals surface area contributed by atoms with Crippen LogP contribution in [0.1, 0.15) is 43.9 Å². The van der Waals surface area contributed by atoms with E-state index in [0.717, 1.165) is 0 Å². The van der Waals surface area contributed by atoms with Crippen LogP contribution < -0.4 is 10.6 Å². The number of pyridine rings is 1. The monoisotopic (exact) mass is 413 g/mol. The van der Waals surface area contributed by atoms with Crippen LogP contribution in [0.2, 0.25) is 0 Å². The molecule has 0 saturated heterocycles. The first-order valence-electron chi connectivity index (χ1n) is 8.56. The molecule has 2 unspecified atom stereocenters. The summed E-state index contributed by atoms with van der Waals surface area (Å²) in [5.74, 6) is -1.41. The van der Waals surface area contributed by atoms with Crippen molar-refractivity contribution in [3.63, 3.8) is 0 Å². The fraction of sp³-hybridized carbons (Fsp3) is 0.556. The Bertz CT molecular complexity index is 718. The summed E-state index contributed by atoms with van der Waals surface area (Å²) in [6, 6.07) is 2.14. The molecule has 156 valence electrons. The number of ether oxygens (including phenoxy) is 2. The number of aliphatic hydroxyl groups excluding tert-OH is 1. The van der Waals surface area contributed by atoms with Gasteiger partial charge in [0.1, 0.15) is 11.3 Å². The van der Waals surface area contributed by atoms with E-state index in [4.69, 9.17) is 4.74 Å². The van der Waals surface area contributed by atoms with E-state index in [2.05, 4.69) is 20.4 Å². The standard InChI is InChI=1S/C18H27N3O6S/c1-10(22)13(16(24)26-5)21-15(23)14-12(28-6)8-7-11(20-14)9-19-17(25)27-18(2,3)4/h7-8,10,13,22H,9H2,1-6H3,(H,19,25)(H,21,23). The van der Waals surface area contributed by atoms with Crippen molar-refractivity contribution in [2.45, 2.75) is 56.9 Å². The lowest BCUT2D eigenvalue weighted by Crippen LogP contribution is -2.48. The van der Waals surface area contributed by atoms with Gasteiger partial charge in [-0.2, -0.15) is 0 Å². The number of aliphatic hydroxyl groups is 1. The molecule has 0 aliphatic rings. The zero-order valence-electron chi connectivity index (χ0n) is 16.9. The molecular formula is C18H27N3O6S. The predicted molar refractivity (Wildman–Crippen MR) is 104 cm³/mol. The zero-order valence-corrected chi connectivity index (χ0v) is 17.7. The number of carbonyl (C=O) groups excluding carboxylic acids is 3. The second-order valence-corrected chi connectivity index (χ2v) is 7.77. The minimum absolute atomic E-state index is 0.0562. The van der Waals surface area contributed by atoms with Crippen LogP contribution in [0.25, 0.3) is 0 Å². The predicted octanol–water partition coefficient (Wildman–Crippen LogP) is 1.48. The highest BCUT2D eigenvalue weighted by Crippen LogP contribution is 2.19. The van der Waals surface area contributed by atoms with Gasteiger partial charge < -0.3 is 25.2 Å². The van der Waals surface area contributed by atoms with Gasteiger partial charge in [-0.25, -0.2) is 14.6 Å². The third-order valence-corrected chi connectivity index (χ3v) is 4.16. The Kier molecular flexibility index (Phi) is 8.70. The molecule has 1 heterocycles. The van der Waals surface area contributed by atoms with Gasteiger partial charge in [0.25, 0.3) is 5.91 Å². The number of nitrogens with zero attached hydrogens (tertiary/aromatic N) is 1. The number of nitrogens with one attached hydrogen (secondary N) is 2. The first-order chi connectivity index (χ1) is 13.0. The highest BCUT2D eigenvalue weighted by atomic mass is 32.2. The Balaban J connectivity index is 2.95. The number of hydrogen-bond acceptors (Lipinski definition) is 8. The maximum Gasteiger partial charge on any atom is 0.407 e. The smallest absolute Gasteiger partial charge is 0.407 e. The quantitative estimate of drug-likeness (QED) is 0.453. The zero-order chi connectivity index (χ0) is 21.5. The van der Waals surface area contributed by atoms with Crippen LogP contribution in [0.4, 0.5) is 4.79 Å². The van der Waals surface area contributed by atoms with Gasteiger partial charge in [0.2, 0.25) is 0 Å². The number of thioether (sulfide) groups is 1. The first-order valence-corrected chi connectivity index (χ1v) is 9.78. The number of aromatic nitrogens is 1. The highest BCUT2D eigenvalue weighted by molar-refractivity contribution is 7.98. The van der Waals surface area contributed by atoms with Crippen molar-refractivity contribution in [2.24, 2.45) is 0 Å². The molecule has 0 aromatic carbocycles. The van der Waals surface area contributed by atoms with E-state index in [0.29, 0.717) is 10.6 Å².